The summed E-state index contributed by atoms with van der Waals surface area (Å²) in [6, 6.07) is 17.7. The van der Waals surface area contributed by atoms with Gasteiger partial charge in [-0.15, -0.1) is 0 Å². The van der Waals surface area contributed by atoms with Crippen molar-refractivity contribution >= 4 is 5.91 Å². The minimum atomic E-state index is 0.0375. The highest BCUT2D eigenvalue weighted by atomic mass is 16.2. The summed E-state index contributed by atoms with van der Waals surface area (Å²) >= 11 is 0. The second-order valence-electron chi connectivity index (χ2n) is 10.3. The molecule has 0 aromatic heterocycles. The van der Waals surface area contributed by atoms with E-state index in [9.17, 15) is 4.79 Å². The first-order chi connectivity index (χ1) is 15.2. The molecule has 1 N–H and O–H groups in total. The highest BCUT2D eigenvalue weighted by molar-refractivity contribution is 5.78. The van der Waals surface area contributed by atoms with Gasteiger partial charge in [-0.1, -0.05) is 82.6 Å². The van der Waals surface area contributed by atoms with E-state index in [0.29, 0.717) is 6.54 Å². The van der Waals surface area contributed by atoms with Gasteiger partial charge in [-0.25, -0.2) is 0 Å². The fourth-order valence-corrected chi connectivity index (χ4v) is 4.31. The number of piperazine rings is 1. The van der Waals surface area contributed by atoms with Crippen LogP contribution in [0.4, 0.5) is 0 Å². The van der Waals surface area contributed by atoms with E-state index in [1.807, 2.05) is 0 Å². The number of aryl methyl sites for hydroxylation is 1. The summed E-state index contributed by atoms with van der Waals surface area (Å²) in [5, 5.41) is 3.17. The number of rotatable bonds is 8. The van der Waals surface area contributed by atoms with Crippen molar-refractivity contribution in [3.63, 3.8) is 0 Å². The van der Waals surface area contributed by atoms with Crippen molar-refractivity contribution in [1.82, 2.24) is 15.1 Å². The lowest BCUT2D eigenvalue weighted by atomic mass is 9.87. The number of carbonyl (C=O) groups is 1. The second kappa shape index (κ2) is 11.1. The van der Waals surface area contributed by atoms with Gasteiger partial charge in [0.05, 0.1) is 12.6 Å². The third-order valence-electron chi connectivity index (χ3n) is 6.45. The van der Waals surface area contributed by atoms with Gasteiger partial charge in [0.1, 0.15) is 0 Å². The van der Waals surface area contributed by atoms with Crippen molar-refractivity contribution < 1.29 is 4.79 Å². The molecule has 174 valence electrons. The maximum atomic E-state index is 12.6. The molecule has 3 rings (SSSR count). The summed E-state index contributed by atoms with van der Waals surface area (Å²) in [7, 11) is 0. The van der Waals surface area contributed by atoms with Crippen LogP contribution >= 0.6 is 0 Å². The van der Waals surface area contributed by atoms with E-state index in [1.165, 1.54) is 22.3 Å². The van der Waals surface area contributed by atoms with Crippen LogP contribution in [0, 0.1) is 0 Å². The molecule has 4 nitrogen and oxygen atoms in total. The van der Waals surface area contributed by atoms with Gasteiger partial charge in [0.25, 0.3) is 0 Å². The molecule has 1 aliphatic rings. The number of hydrogen-bond donors (Lipinski definition) is 1. The van der Waals surface area contributed by atoms with Gasteiger partial charge in [-0.3, -0.25) is 14.6 Å². The van der Waals surface area contributed by atoms with Crippen molar-refractivity contribution in [2.75, 3.05) is 32.7 Å². The highest BCUT2D eigenvalue weighted by Crippen LogP contribution is 2.22. The molecule has 1 heterocycles. The van der Waals surface area contributed by atoms with E-state index in [4.69, 9.17) is 0 Å². The van der Waals surface area contributed by atoms with Crippen LogP contribution in [0.1, 0.15) is 69.3 Å². The first kappa shape index (κ1) is 24.5. The fourth-order valence-electron chi connectivity index (χ4n) is 4.31. The number of carbonyl (C=O) groups excluding carboxylic acids is 1. The number of nitrogens with zero attached hydrogens (tertiary/aromatic N) is 2. The molecule has 0 radical (unpaired) electrons. The first-order valence-electron chi connectivity index (χ1n) is 12.2. The summed E-state index contributed by atoms with van der Waals surface area (Å²) in [6.07, 6.45) is 2.26. The van der Waals surface area contributed by atoms with E-state index < -0.39 is 0 Å². The van der Waals surface area contributed by atoms with Crippen LogP contribution in [0.5, 0.6) is 0 Å². The average molecular weight is 436 g/mol. The van der Waals surface area contributed by atoms with Crippen LogP contribution in [-0.2, 0) is 23.2 Å². The Morgan fingerprint density at radius 2 is 1.47 bits per heavy atom. The topological polar surface area (TPSA) is 35.6 Å². The Morgan fingerprint density at radius 3 is 2.03 bits per heavy atom. The maximum absolute atomic E-state index is 12.6. The second-order valence-corrected chi connectivity index (χ2v) is 10.3. The fraction of sp³-hybridized carbons (Fsp3) is 0.536. The molecule has 0 saturated carbocycles. The molecular weight excluding hydrogens is 394 g/mol. The Morgan fingerprint density at radius 1 is 0.906 bits per heavy atom. The molecular formula is C28H41N3O. The van der Waals surface area contributed by atoms with Crippen molar-refractivity contribution in [1.29, 1.82) is 0 Å². The first-order valence-corrected chi connectivity index (χ1v) is 12.2. The molecule has 1 fully saturated rings. The predicted molar refractivity (Wildman–Crippen MR) is 134 cm³/mol. The number of amides is 1. The Hall–Kier alpha value is -2.17. The van der Waals surface area contributed by atoms with E-state index in [1.54, 1.807) is 0 Å². The third kappa shape index (κ3) is 7.18. The number of hydrogen-bond acceptors (Lipinski definition) is 3. The van der Waals surface area contributed by atoms with Gasteiger partial charge < -0.3 is 5.32 Å². The summed E-state index contributed by atoms with van der Waals surface area (Å²) in [4.78, 5) is 17.3. The Kier molecular flexibility index (Phi) is 8.50. The average Bonchev–Trinajstić information content (AvgIpc) is 2.75. The van der Waals surface area contributed by atoms with Gasteiger partial charge >= 0.3 is 0 Å². The molecule has 2 aromatic carbocycles. The molecule has 0 spiro atoms. The van der Waals surface area contributed by atoms with E-state index in [2.05, 4.69) is 98.3 Å². The van der Waals surface area contributed by atoms with Gasteiger partial charge in [0.15, 0.2) is 0 Å². The highest BCUT2D eigenvalue weighted by Gasteiger charge is 2.20. The zero-order valence-corrected chi connectivity index (χ0v) is 20.7. The molecule has 1 saturated heterocycles. The van der Waals surface area contributed by atoms with Gasteiger partial charge in [-0.2, -0.15) is 0 Å². The molecule has 0 bridgehead atoms. The van der Waals surface area contributed by atoms with E-state index >= 15 is 0 Å². The van der Waals surface area contributed by atoms with Crippen LogP contribution in [0.3, 0.4) is 0 Å². The lowest BCUT2D eigenvalue weighted by molar-refractivity contribution is -0.123. The SMILES string of the molecule is CCCc1ccc([C@@H](C)NC(=O)CN2CCN(Cc3ccc(C(C)(C)C)cc3)CC2)cc1. The van der Waals surface area contributed by atoms with Crippen LogP contribution in [0.15, 0.2) is 48.5 Å². The molecule has 32 heavy (non-hydrogen) atoms. The molecule has 4 heteroatoms. The minimum absolute atomic E-state index is 0.0375. The van der Waals surface area contributed by atoms with Gasteiger partial charge in [0.2, 0.25) is 5.91 Å². The normalized spacial score (nSPS) is 16.7. The smallest absolute Gasteiger partial charge is 0.234 e. The summed E-state index contributed by atoms with van der Waals surface area (Å²) in [5.74, 6) is 0.112. The summed E-state index contributed by atoms with van der Waals surface area (Å²) in [6.45, 7) is 16.4. The lowest BCUT2D eigenvalue weighted by Crippen LogP contribution is -2.49. The van der Waals surface area contributed by atoms with E-state index in [0.717, 1.165) is 45.6 Å². The Bertz CT molecular complexity index is 844. The standard InChI is InChI=1S/C28H41N3O/c1-6-7-23-8-12-25(13-9-23)22(2)29-27(32)21-31-18-16-30(17-19-31)20-24-10-14-26(15-11-24)28(3,4)5/h8-15,22H,6-7,16-21H2,1-5H3,(H,29,32)/t22-/m1/s1. The molecule has 2 aromatic rings. The molecule has 0 aliphatic carbocycles. The predicted octanol–water partition coefficient (Wildman–Crippen LogP) is 4.93. The maximum Gasteiger partial charge on any atom is 0.234 e. The monoisotopic (exact) mass is 435 g/mol. The number of nitrogens with one attached hydrogen (secondary N) is 1. The Balaban J connectivity index is 1.40. The zero-order chi connectivity index (χ0) is 23.1. The molecule has 1 aliphatic heterocycles. The van der Waals surface area contributed by atoms with Crippen molar-refractivity contribution in [3.8, 4) is 0 Å². The largest absolute Gasteiger partial charge is 0.348 e. The third-order valence-corrected chi connectivity index (χ3v) is 6.45. The zero-order valence-electron chi connectivity index (χ0n) is 20.7. The van der Waals surface area contributed by atoms with Gasteiger partial charge in [0, 0.05) is 32.7 Å². The van der Waals surface area contributed by atoms with Crippen molar-refractivity contribution in [2.45, 2.75) is 65.5 Å². The van der Waals surface area contributed by atoms with Crippen LogP contribution in [-0.4, -0.2) is 48.4 Å². The Labute approximate surface area is 195 Å². The molecule has 0 unspecified atom stereocenters. The molecule has 1 atom stereocenters. The van der Waals surface area contributed by atoms with Crippen molar-refractivity contribution in [3.05, 3.63) is 70.8 Å². The van der Waals surface area contributed by atoms with Crippen LogP contribution in [0.2, 0.25) is 0 Å². The van der Waals surface area contributed by atoms with Crippen LogP contribution < -0.4 is 5.32 Å². The molecule has 1 amide bonds. The van der Waals surface area contributed by atoms with Crippen molar-refractivity contribution in [2.24, 2.45) is 0 Å². The summed E-state index contributed by atoms with van der Waals surface area (Å²) < 4.78 is 0. The van der Waals surface area contributed by atoms with Gasteiger partial charge in [-0.05, 0) is 41.0 Å². The number of benzene rings is 2. The summed E-state index contributed by atoms with van der Waals surface area (Å²) in [5.41, 5.74) is 5.46. The quantitative estimate of drug-likeness (QED) is 0.638. The van der Waals surface area contributed by atoms with Crippen LogP contribution in [0.25, 0.3) is 0 Å². The lowest BCUT2D eigenvalue weighted by Gasteiger charge is -2.34. The minimum Gasteiger partial charge on any atom is -0.348 e. The van der Waals surface area contributed by atoms with E-state index in [-0.39, 0.29) is 17.4 Å².